The predicted octanol–water partition coefficient (Wildman–Crippen LogP) is 2.96. The van der Waals surface area contributed by atoms with E-state index in [1.165, 1.54) is 16.7 Å². The minimum Gasteiger partial charge on any atom is -0.354 e. The molecule has 2 unspecified atom stereocenters. The maximum absolute atomic E-state index is 5.26. The van der Waals surface area contributed by atoms with Crippen LogP contribution in [-0.2, 0) is 9.47 Å². The third kappa shape index (κ3) is 3.80. The number of methoxy groups -OCH3 is 2. The first-order valence-electron chi connectivity index (χ1n) is 6.38. The molecule has 0 saturated carbocycles. The van der Waals surface area contributed by atoms with Crippen LogP contribution in [0.4, 0.5) is 0 Å². The normalized spacial score (nSPS) is 14.8. The molecule has 0 saturated heterocycles. The molecule has 0 aliphatic rings. The summed E-state index contributed by atoms with van der Waals surface area (Å²) in [5.41, 5.74) is 3.94. The highest BCUT2D eigenvalue weighted by molar-refractivity contribution is 5.31. The molecule has 0 fully saturated rings. The van der Waals surface area contributed by atoms with Gasteiger partial charge in [-0.2, -0.15) is 0 Å². The van der Waals surface area contributed by atoms with Crippen molar-refractivity contribution in [2.45, 2.75) is 46.1 Å². The van der Waals surface area contributed by atoms with Gasteiger partial charge in [0.05, 0.1) is 6.04 Å². The van der Waals surface area contributed by atoms with Gasteiger partial charge >= 0.3 is 0 Å². The maximum Gasteiger partial charge on any atom is 0.171 e. The average molecular weight is 251 g/mol. The van der Waals surface area contributed by atoms with Crippen molar-refractivity contribution < 1.29 is 9.47 Å². The molecule has 3 nitrogen and oxygen atoms in total. The second-order valence-corrected chi connectivity index (χ2v) is 4.86. The van der Waals surface area contributed by atoms with E-state index in [0.717, 1.165) is 0 Å². The third-order valence-corrected chi connectivity index (χ3v) is 3.42. The molecule has 102 valence electrons. The molecule has 1 aromatic carbocycles. The van der Waals surface area contributed by atoms with E-state index in [-0.39, 0.29) is 18.4 Å². The lowest BCUT2D eigenvalue weighted by Gasteiger charge is -2.26. The molecule has 0 spiro atoms. The monoisotopic (exact) mass is 251 g/mol. The number of hydrogen-bond acceptors (Lipinski definition) is 3. The summed E-state index contributed by atoms with van der Waals surface area (Å²) in [5.74, 6) is 0. The molecular weight excluding hydrogens is 226 g/mol. The minimum absolute atomic E-state index is 0.136. The predicted molar refractivity (Wildman–Crippen MR) is 74.7 cm³/mol. The lowest BCUT2D eigenvalue weighted by atomic mass is 10.0. The van der Waals surface area contributed by atoms with Gasteiger partial charge in [0, 0.05) is 20.3 Å². The molecule has 0 bridgehead atoms. The van der Waals surface area contributed by atoms with E-state index in [9.17, 15) is 0 Å². The Balaban J connectivity index is 2.69. The molecule has 0 heterocycles. The Bertz CT molecular complexity index is 375. The third-order valence-electron chi connectivity index (χ3n) is 3.42. The molecule has 0 aliphatic carbocycles. The van der Waals surface area contributed by atoms with Crippen LogP contribution in [0.3, 0.4) is 0 Å². The van der Waals surface area contributed by atoms with Crippen molar-refractivity contribution in [1.82, 2.24) is 5.32 Å². The second-order valence-electron chi connectivity index (χ2n) is 4.86. The Morgan fingerprint density at radius 3 is 2.11 bits per heavy atom. The number of hydrogen-bond donors (Lipinski definition) is 1. The zero-order valence-electron chi connectivity index (χ0n) is 12.3. The van der Waals surface area contributed by atoms with Crippen LogP contribution in [0.15, 0.2) is 18.2 Å². The molecule has 0 radical (unpaired) electrons. The molecule has 18 heavy (non-hydrogen) atoms. The quantitative estimate of drug-likeness (QED) is 0.788. The number of benzene rings is 1. The van der Waals surface area contributed by atoms with Gasteiger partial charge < -0.3 is 14.8 Å². The average Bonchev–Trinajstić information content (AvgIpc) is 2.34. The molecule has 1 rings (SSSR count). The van der Waals surface area contributed by atoms with E-state index in [1.807, 2.05) is 0 Å². The van der Waals surface area contributed by atoms with Crippen LogP contribution < -0.4 is 5.32 Å². The molecule has 1 N–H and O–H groups in total. The zero-order valence-corrected chi connectivity index (χ0v) is 12.3. The van der Waals surface area contributed by atoms with Crippen LogP contribution in [0.2, 0.25) is 0 Å². The highest BCUT2D eigenvalue weighted by Crippen LogP contribution is 2.18. The van der Waals surface area contributed by atoms with E-state index >= 15 is 0 Å². The lowest BCUT2D eigenvalue weighted by Crippen LogP contribution is -2.40. The molecule has 2 atom stereocenters. The fraction of sp³-hybridized carbons (Fsp3) is 0.600. The van der Waals surface area contributed by atoms with Gasteiger partial charge in [0.25, 0.3) is 0 Å². The summed E-state index contributed by atoms with van der Waals surface area (Å²) < 4.78 is 10.5. The standard InChI is InChI=1S/C15H25NO2/c1-10-7-8-14(9-11(10)2)12(3)16-13(4)15(17-5)18-6/h7-9,12-13,15-16H,1-6H3. The fourth-order valence-electron chi connectivity index (χ4n) is 2.11. The summed E-state index contributed by atoms with van der Waals surface area (Å²) in [7, 11) is 3.32. The molecule has 0 aliphatic heterocycles. The molecule has 1 aromatic rings. The maximum atomic E-state index is 5.26. The summed E-state index contributed by atoms with van der Waals surface area (Å²) in [6.07, 6.45) is -0.223. The fourth-order valence-corrected chi connectivity index (χ4v) is 2.11. The van der Waals surface area contributed by atoms with E-state index in [1.54, 1.807) is 14.2 Å². The second kappa shape index (κ2) is 6.88. The van der Waals surface area contributed by atoms with Crippen molar-refractivity contribution >= 4 is 0 Å². The molecule has 0 aromatic heterocycles. The Kier molecular flexibility index (Phi) is 5.79. The number of nitrogens with one attached hydrogen (secondary N) is 1. The lowest BCUT2D eigenvalue weighted by molar-refractivity contribution is -0.120. The summed E-state index contributed by atoms with van der Waals surface area (Å²) in [5, 5.41) is 3.49. The van der Waals surface area contributed by atoms with Crippen LogP contribution >= 0.6 is 0 Å². The van der Waals surface area contributed by atoms with Gasteiger partial charge in [-0.25, -0.2) is 0 Å². The summed E-state index contributed by atoms with van der Waals surface area (Å²) >= 11 is 0. The van der Waals surface area contributed by atoms with Crippen LogP contribution in [0.1, 0.15) is 36.6 Å². The Labute approximate surface area is 110 Å². The smallest absolute Gasteiger partial charge is 0.171 e. The Morgan fingerprint density at radius 1 is 1.00 bits per heavy atom. The summed E-state index contributed by atoms with van der Waals surface area (Å²) in [4.78, 5) is 0. The van der Waals surface area contributed by atoms with Crippen molar-refractivity contribution in [2.24, 2.45) is 0 Å². The van der Waals surface area contributed by atoms with E-state index < -0.39 is 0 Å². The first-order chi connectivity index (χ1) is 8.49. The first kappa shape index (κ1) is 15.2. The van der Waals surface area contributed by atoms with Crippen molar-refractivity contribution in [2.75, 3.05) is 14.2 Å². The highest BCUT2D eigenvalue weighted by Gasteiger charge is 2.18. The molecule has 3 heteroatoms. The van der Waals surface area contributed by atoms with Crippen molar-refractivity contribution in [3.63, 3.8) is 0 Å². The Hall–Kier alpha value is -0.900. The van der Waals surface area contributed by atoms with Crippen LogP contribution in [0, 0.1) is 13.8 Å². The highest BCUT2D eigenvalue weighted by atomic mass is 16.7. The number of aryl methyl sites for hydroxylation is 2. The van der Waals surface area contributed by atoms with E-state index in [4.69, 9.17) is 9.47 Å². The summed E-state index contributed by atoms with van der Waals surface area (Å²) in [6.45, 7) is 8.49. The van der Waals surface area contributed by atoms with Gasteiger partial charge in [0.2, 0.25) is 0 Å². The van der Waals surface area contributed by atoms with Gasteiger partial charge in [0.1, 0.15) is 0 Å². The van der Waals surface area contributed by atoms with Gasteiger partial charge in [-0.3, -0.25) is 0 Å². The molecule has 0 amide bonds. The van der Waals surface area contributed by atoms with Gasteiger partial charge in [-0.1, -0.05) is 18.2 Å². The van der Waals surface area contributed by atoms with E-state index in [0.29, 0.717) is 0 Å². The van der Waals surface area contributed by atoms with E-state index in [2.05, 4.69) is 51.2 Å². The zero-order chi connectivity index (χ0) is 13.7. The largest absolute Gasteiger partial charge is 0.354 e. The van der Waals surface area contributed by atoms with Gasteiger partial charge in [-0.05, 0) is 44.4 Å². The van der Waals surface area contributed by atoms with Crippen molar-refractivity contribution in [1.29, 1.82) is 0 Å². The van der Waals surface area contributed by atoms with Crippen molar-refractivity contribution in [3.8, 4) is 0 Å². The van der Waals surface area contributed by atoms with Crippen molar-refractivity contribution in [3.05, 3.63) is 34.9 Å². The van der Waals surface area contributed by atoms with Crippen LogP contribution in [0.25, 0.3) is 0 Å². The van der Waals surface area contributed by atoms with Crippen LogP contribution in [-0.4, -0.2) is 26.6 Å². The minimum atomic E-state index is -0.223. The Morgan fingerprint density at radius 2 is 1.61 bits per heavy atom. The molecular formula is C15H25NO2. The topological polar surface area (TPSA) is 30.5 Å². The van der Waals surface area contributed by atoms with Crippen LogP contribution in [0.5, 0.6) is 0 Å². The number of ether oxygens (including phenoxy) is 2. The number of rotatable bonds is 6. The van der Waals surface area contributed by atoms with Gasteiger partial charge in [0.15, 0.2) is 6.29 Å². The van der Waals surface area contributed by atoms with Gasteiger partial charge in [-0.15, -0.1) is 0 Å². The summed E-state index contributed by atoms with van der Waals surface area (Å²) in [6, 6.07) is 6.97. The first-order valence-corrected chi connectivity index (χ1v) is 6.38. The SMILES string of the molecule is COC(OC)C(C)NC(C)c1ccc(C)c(C)c1.